The fourth-order valence-electron chi connectivity index (χ4n) is 2.69. The van der Waals surface area contributed by atoms with Gasteiger partial charge in [0.1, 0.15) is 18.1 Å². The van der Waals surface area contributed by atoms with Gasteiger partial charge in [-0.15, -0.1) is 0 Å². The van der Waals surface area contributed by atoms with E-state index in [2.05, 4.69) is 10.0 Å². The lowest BCUT2D eigenvalue weighted by molar-refractivity contribution is -0.124. The first-order chi connectivity index (χ1) is 12.6. The molecule has 0 fully saturated rings. The van der Waals surface area contributed by atoms with E-state index >= 15 is 0 Å². The smallest absolute Gasteiger partial charge is 0.262 e. The number of benzene rings is 2. The third kappa shape index (κ3) is 3.85. The predicted octanol–water partition coefficient (Wildman–Crippen LogP) is 3.16. The average Bonchev–Trinajstić information content (AvgIpc) is 2.70. The van der Waals surface area contributed by atoms with Crippen LogP contribution < -0.4 is 19.5 Å². The molecule has 1 heterocycles. The van der Waals surface area contributed by atoms with Crippen LogP contribution >= 0.6 is 0 Å². The van der Waals surface area contributed by atoms with Crippen molar-refractivity contribution >= 4 is 27.3 Å². The quantitative estimate of drug-likeness (QED) is 0.836. The molecule has 1 amide bonds. The average molecular weight is 390 g/mol. The number of fused-ring (bicyclic) bond motifs is 1. The van der Waals surface area contributed by atoms with E-state index in [-0.39, 0.29) is 17.4 Å². The van der Waals surface area contributed by atoms with Crippen molar-refractivity contribution in [3.63, 3.8) is 0 Å². The minimum absolute atomic E-state index is 0.152. The molecule has 0 atom stereocenters. The Bertz CT molecular complexity index is 999. The zero-order valence-electron chi connectivity index (χ0n) is 15.6. The van der Waals surface area contributed by atoms with Crippen molar-refractivity contribution in [2.45, 2.75) is 25.7 Å². The van der Waals surface area contributed by atoms with Crippen LogP contribution in [0.3, 0.4) is 0 Å². The van der Waals surface area contributed by atoms with E-state index in [0.29, 0.717) is 28.4 Å². The van der Waals surface area contributed by atoms with Crippen LogP contribution in [0.1, 0.15) is 19.4 Å². The second-order valence-electron chi connectivity index (χ2n) is 7.07. The molecule has 1 aliphatic heterocycles. The number of hydrogen-bond donors (Lipinski definition) is 2. The van der Waals surface area contributed by atoms with Crippen LogP contribution in [0.15, 0.2) is 41.3 Å². The third-order valence-corrected chi connectivity index (χ3v) is 5.90. The molecule has 7 nitrogen and oxygen atoms in total. The van der Waals surface area contributed by atoms with E-state index < -0.39 is 15.4 Å². The standard InChI is InChI=1S/C19H22N2O5S/c1-12-9-14(25-4)6-8-17(12)27(23,24)21-13-5-7-16-15(10-13)20-18(22)19(2,3)11-26-16/h5-10,21H,11H2,1-4H3,(H,20,22). The van der Waals surface area contributed by atoms with Gasteiger partial charge in [0.15, 0.2) is 0 Å². The van der Waals surface area contributed by atoms with Crippen molar-refractivity contribution in [2.24, 2.45) is 5.41 Å². The summed E-state index contributed by atoms with van der Waals surface area (Å²) in [6.07, 6.45) is 0. The summed E-state index contributed by atoms with van der Waals surface area (Å²) in [7, 11) is -2.28. The second-order valence-corrected chi connectivity index (χ2v) is 8.73. The van der Waals surface area contributed by atoms with Gasteiger partial charge in [-0.25, -0.2) is 8.42 Å². The van der Waals surface area contributed by atoms with E-state index in [1.807, 2.05) is 0 Å². The van der Waals surface area contributed by atoms with Gasteiger partial charge in [-0.3, -0.25) is 9.52 Å². The normalized spacial score (nSPS) is 15.8. The summed E-state index contributed by atoms with van der Waals surface area (Å²) in [4.78, 5) is 12.4. The summed E-state index contributed by atoms with van der Waals surface area (Å²) >= 11 is 0. The number of methoxy groups -OCH3 is 1. The lowest BCUT2D eigenvalue weighted by Crippen LogP contribution is -2.33. The summed E-state index contributed by atoms with van der Waals surface area (Å²) < 4.78 is 38.8. The predicted molar refractivity (Wildman–Crippen MR) is 103 cm³/mol. The molecule has 0 saturated carbocycles. The van der Waals surface area contributed by atoms with Crippen LogP contribution in [-0.4, -0.2) is 28.0 Å². The zero-order chi connectivity index (χ0) is 19.8. The number of carbonyl (C=O) groups is 1. The molecule has 0 saturated heterocycles. The number of amides is 1. The first kappa shape index (κ1) is 19.0. The molecule has 144 valence electrons. The SMILES string of the molecule is COc1ccc(S(=O)(=O)Nc2ccc3c(c2)NC(=O)C(C)(C)CO3)c(C)c1. The second kappa shape index (κ2) is 6.77. The molecule has 2 aromatic rings. The van der Waals surface area contributed by atoms with Crippen molar-refractivity contribution in [1.29, 1.82) is 0 Å². The van der Waals surface area contributed by atoms with Gasteiger partial charge in [0.2, 0.25) is 5.91 Å². The number of hydrogen-bond acceptors (Lipinski definition) is 5. The van der Waals surface area contributed by atoms with Gasteiger partial charge in [-0.05, 0) is 62.7 Å². The molecule has 8 heteroatoms. The van der Waals surface area contributed by atoms with Crippen LogP contribution in [0.5, 0.6) is 11.5 Å². The Morgan fingerprint density at radius 2 is 1.93 bits per heavy atom. The highest BCUT2D eigenvalue weighted by Crippen LogP contribution is 2.35. The highest BCUT2D eigenvalue weighted by Gasteiger charge is 2.32. The molecule has 1 aliphatic rings. The van der Waals surface area contributed by atoms with Gasteiger partial charge in [-0.2, -0.15) is 0 Å². The van der Waals surface area contributed by atoms with Crippen LogP contribution in [-0.2, 0) is 14.8 Å². The molecule has 0 aromatic heterocycles. The minimum Gasteiger partial charge on any atom is -0.497 e. The number of carbonyl (C=O) groups excluding carboxylic acids is 1. The van der Waals surface area contributed by atoms with E-state index in [9.17, 15) is 13.2 Å². The summed E-state index contributed by atoms with van der Waals surface area (Å²) in [5.74, 6) is 0.892. The molecule has 2 N–H and O–H groups in total. The first-order valence-electron chi connectivity index (χ1n) is 8.38. The molecule has 0 bridgehead atoms. The Kier molecular flexibility index (Phi) is 4.77. The molecular weight excluding hydrogens is 368 g/mol. The number of nitrogens with one attached hydrogen (secondary N) is 2. The molecule has 0 unspecified atom stereocenters. The van der Waals surface area contributed by atoms with E-state index in [4.69, 9.17) is 9.47 Å². The number of rotatable bonds is 4. The Balaban J connectivity index is 1.90. The van der Waals surface area contributed by atoms with Gasteiger partial charge in [0.25, 0.3) is 10.0 Å². The fraction of sp³-hybridized carbons (Fsp3) is 0.316. The zero-order valence-corrected chi connectivity index (χ0v) is 16.4. The minimum atomic E-state index is -3.80. The van der Waals surface area contributed by atoms with Crippen LogP contribution in [0, 0.1) is 12.3 Å². The summed E-state index contributed by atoms with van der Waals surface area (Å²) in [5, 5.41) is 2.79. The molecule has 2 aromatic carbocycles. The maximum absolute atomic E-state index is 12.8. The Morgan fingerprint density at radius 1 is 1.19 bits per heavy atom. The molecule has 3 rings (SSSR count). The Labute approximate surface area is 158 Å². The molecule has 0 radical (unpaired) electrons. The number of sulfonamides is 1. The lowest BCUT2D eigenvalue weighted by atomic mass is 9.94. The third-order valence-electron chi connectivity index (χ3n) is 4.35. The van der Waals surface area contributed by atoms with Gasteiger partial charge >= 0.3 is 0 Å². The van der Waals surface area contributed by atoms with E-state index in [1.165, 1.54) is 13.2 Å². The molecule has 0 aliphatic carbocycles. The topological polar surface area (TPSA) is 93.7 Å². The van der Waals surface area contributed by atoms with Gasteiger partial charge in [0, 0.05) is 0 Å². The monoisotopic (exact) mass is 390 g/mol. The summed E-state index contributed by atoms with van der Waals surface area (Å²) in [5.41, 5.74) is 0.638. The highest BCUT2D eigenvalue weighted by atomic mass is 32.2. The first-order valence-corrected chi connectivity index (χ1v) is 9.86. The van der Waals surface area contributed by atoms with E-state index in [1.54, 1.807) is 51.1 Å². The van der Waals surface area contributed by atoms with Gasteiger partial charge < -0.3 is 14.8 Å². The van der Waals surface area contributed by atoms with Crippen molar-refractivity contribution in [3.05, 3.63) is 42.0 Å². The van der Waals surface area contributed by atoms with Crippen LogP contribution in [0.2, 0.25) is 0 Å². The Hall–Kier alpha value is -2.74. The fourth-order valence-corrected chi connectivity index (χ4v) is 3.97. The van der Waals surface area contributed by atoms with Crippen molar-refractivity contribution in [2.75, 3.05) is 23.8 Å². The van der Waals surface area contributed by atoms with E-state index in [0.717, 1.165) is 0 Å². The Morgan fingerprint density at radius 3 is 2.59 bits per heavy atom. The maximum atomic E-state index is 12.8. The lowest BCUT2D eigenvalue weighted by Gasteiger charge is -2.18. The van der Waals surface area contributed by atoms with Crippen molar-refractivity contribution in [3.8, 4) is 11.5 Å². The number of anilines is 2. The summed E-state index contributed by atoms with van der Waals surface area (Å²) in [6, 6.07) is 9.52. The largest absolute Gasteiger partial charge is 0.497 e. The van der Waals surface area contributed by atoms with Crippen LogP contribution in [0.25, 0.3) is 0 Å². The van der Waals surface area contributed by atoms with Crippen LogP contribution in [0.4, 0.5) is 11.4 Å². The van der Waals surface area contributed by atoms with Crippen molar-refractivity contribution < 1.29 is 22.7 Å². The molecule has 0 spiro atoms. The molecular formula is C19H22N2O5S. The number of aryl methyl sites for hydroxylation is 1. The van der Waals surface area contributed by atoms with Gasteiger partial charge in [0.05, 0.1) is 28.8 Å². The highest BCUT2D eigenvalue weighted by molar-refractivity contribution is 7.92. The molecule has 27 heavy (non-hydrogen) atoms. The van der Waals surface area contributed by atoms with Gasteiger partial charge in [-0.1, -0.05) is 0 Å². The summed E-state index contributed by atoms with van der Waals surface area (Å²) in [6.45, 7) is 5.50. The van der Waals surface area contributed by atoms with Crippen molar-refractivity contribution in [1.82, 2.24) is 0 Å². The number of ether oxygens (including phenoxy) is 2. The maximum Gasteiger partial charge on any atom is 0.262 e.